The Hall–Kier alpha value is -1.58. The zero-order valence-electron chi connectivity index (χ0n) is 11.1. The maximum Gasteiger partial charge on any atom is 0.257 e. The average molecular weight is 247 g/mol. The molecule has 0 saturated carbocycles. The predicted molar refractivity (Wildman–Crippen MR) is 72.8 cm³/mol. The molecule has 1 saturated heterocycles. The number of amides is 1. The highest BCUT2D eigenvalue weighted by atomic mass is 16.2. The van der Waals surface area contributed by atoms with E-state index < -0.39 is 0 Å². The standard InChI is InChI=1S/C14H21N3O/c1-3-7-16-13-6-8-15-10-12(13)14(18)17-9-4-5-11(17)2/h6,8,10-11H,3-5,7,9H2,1-2H3,(H,15,16). The second-order valence-electron chi connectivity index (χ2n) is 4.84. The minimum atomic E-state index is 0.103. The van der Waals surface area contributed by atoms with Gasteiger partial charge in [0.15, 0.2) is 0 Å². The van der Waals surface area contributed by atoms with Crippen LogP contribution in [0.5, 0.6) is 0 Å². The van der Waals surface area contributed by atoms with Crippen LogP contribution < -0.4 is 5.32 Å². The Morgan fingerprint density at radius 1 is 1.61 bits per heavy atom. The van der Waals surface area contributed by atoms with Crippen molar-refractivity contribution in [2.24, 2.45) is 0 Å². The van der Waals surface area contributed by atoms with Crippen LogP contribution in [0.3, 0.4) is 0 Å². The van der Waals surface area contributed by atoms with Crippen LogP contribution in [0.2, 0.25) is 0 Å². The van der Waals surface area contributed by atoms with Crippen molar-refractivity contribution in [2.75, 3.05) is 18.4 Å². The maximum atomic E-state index is 12.5. The van der Waals surface area contributed by atoms with Crippen molar-refractivity contribution in [3.8, 4) is 0 Å². The molecule has 0 radical (unpaired) electrons. The number of likely N-dealkylation sites (tertiary alicyclic amines) is 1. The van der Waals surface area contributed by atoms with E-state index in [2.05, 4.69) is 24.1 Å². The van der Waals surface area contributed by atoms with Gasteiger partial charge in [0.2, 0.25) is 0 Å². The van der Waals surface area contributed by atoms with Crippen molar-refractivity contribution >= 4 is 11.6 Å². The third kappa shape index (κ3) is 2.63. The van der Waals surface area contributed by atoms with Crippen molar-refractivity contribution in [3.63, 3.8) is 0 Å². The number of aromatic nitrogens is 1. The van der Waals surface area contributed by atoms with E-state index in [4.69, 9.17) is 0 Å². The summed E-state index contributed by atoms with van der Waals surface area (Å²) in [4.78, 5) is 18.5. The molecule has 4 nitrogen and oxygen atoms in total. The lowest BCUT2D eigenvalue weighted by Crippen LogP contribution is -2.34. The van der Waals surface area contributed by atoms with E-state index in [1.54, 1.807) is 12.4 Å². The molecule has 0 spiro atoms. The molecule has 0 aliphatic carbocycles. The Kier molecular flexibility index (Phi) is 4.18. The molecule has 98 valence electrons. The van der Waals surface area contributed by atoms with Crippen LogP contribution in [0, 0.1) is 0 Å². The summed E-state index contributed by atoms with van der Waals surface area (Å²) in [7, 11) is 0. The number of hydrogen-bond donors (Lipinski definition) is 1. The quantitative estimate of drug-likeness (QED) is 0.889. The molecule has 4 heteroatoms. The smallest absolute Gasteiger partial charge is 0.257 e. The molecule has 0 aromatic carbocycles. The first-order valence-electron chi connectivity index (χ1n) is 6.73. The molecular weight excluding hydrogens is 226 g/mol. The van der Waals surface area contributed by atoms with Gasteiger partial charge in [-0.2, -0.15) is 0 Å². The van der Waals surface area contributed by atoms with E-state index in [1.165, 1.54) is 0 Å². The molecule has 2 rings (SSSR count). The number of rotatable bonds is 4. The van der Waals surface area contributed by atoms with Gasteiger partial charge < -0.3 is 10.2 Å². The van der Waals surface area contributed by atoms with Gasteiger partial charge in [-0.3, -0.25) is 9.78 Å². The average Bonchev–Trinajstić information content (AvgIpc) is 2.82. The van der Waals surface area contributed by atoms with Crippen molar-refractivity contribution in [1.29, 1.82) is 0 Å². The number of pyridine rings is 1. The predicted octanol–water partition coefficient (Wildman–Crippen LogP) is 2.53. The summed E-state index contributed by atoms with van der Waals surface area (Å²) in [6.45, 7) is 5.96. The van der Waals surface area contributed by atoms with E-state index in [1.807, 2.05) is 11.0 Å². The van der Waals surface area contributed by atoms with Gasteiger partial charge in [0, 0.05) is 31.5 Å². The van der Waals surface area contributed by atoms with Crippen molar-refractivity contribution in [1.82, 2.24) is 9.88 Å². The van der Waals surface area contributed by atoms with Crippen molar-refractivity contribution < 1.29 is 4.79 Å². The minimum absolute atomic E-state index is 0.103. The lowest BCUT2D eigenvalue weighted by atomic mass is 10.2. The fourth-order valence-corrected chi connectivity index (χ4v) is 2.37. The summed E-state index contributed by atoms with van der Waals surface area (Å²) in [6.07, 6.45) is 6.64. The summed E-state index contributed by atoms with van der Waals surface area (Å²) < 4.78 is 0. The fraction of sp³-hybridized carbons (Fsp3) is 0.571. The van der Waals surface area contributed by atoms with Crippen LogP contribution in [0.15, 0.2) is 18.5 Å². The molecule has 1 aliphatic heterocycles. The summed E-state index contributed by atoms with van der Waals surface area (Å²) in [6, 6.07) is 2.22. The topological polar surface area (TPSA) is 45.2 Å². The molecule has 1 atom stereocenters. The van der Waals surface area contributed by atoms with Gasteiger partial charge in [0.25, 0.3) is 5.91 Å². The lowest BCUT2D eigenvalue weighted by molar-refractivity contribution is 0.0748. The minimum Gasteiger partial charge on any atom is -0.384 e. The molecular formula is C14H21N3O. The third-order valence-electron chi connectivity index (χ3n) is 3.43. The number of anilines is 1. The second kappa shape index (κ2) is 5.85. The number of nitrogens with zero attached hydrogens (tertiary/aromatic N) is 2. The molecule has 0 bridgehead atoms. The lowest BCUT2D eigenvalue weighted by Gasteiger charge is -2.22. The normalized spacial score (nSPS) is 19.0. The van der Waals surface area contributed by atoms with Gasteiger partial charge in [0.05, 0.1) is 11.3 Å². The molecule has 1 aromatic heterocycles. The highest BCUT2D eigenvalue weighted by molar-refractivity contribution is 5.99. The van der Waals surface area contributed by atoms with Crippen LogP contribution in [0.25, 0.3) is 0 Å². The van der Waals surface area contributed by atoms with Gasteiger partial charge in [-0.25, -0.2) is 0 Å². The molecule has 1 amide bonds. The first kappa shape index (κ1) is 12.9. The van der Waals surface area contributed by atoms with Crippen molar-refractivity contribution in [3.05, 3.63) is 24.0 Å². The Balaban J connectivity index is 2.18. The molecule has 1 aromatic rings. The first-order valence-corrected chi connectivity index (χ1v) is 6.73. The Bertz CT molecular complexity index is 419. The van der Waals surface area contributed by atoms with Crippen LogP contribution in [-0.4, -0.2) is 34.9 Å². The Labute approximate surface area is 108 Å². The number of hydrogen-bond acceptors (Lipinski definition) is 3. The fourth-order valence-electron chi connectivity index (χ4n) is 2.37. The first-order chi connectivity index (χ1) is 8.74. The van der Waals surface area contributed by atoms with E-state index >= 15 is 0 Å². The molecule has 2 heterocycles. The van der Waals surface area contributed by atoms with Gasteiger partial charge >= 0.3 is 0 Å². The third-order valence-corrected chi connectivity index (χ3v) is 3.43. The largest absolute Gasteiger partial charge is 0.384 e. The monoisotopic (exact) mass is 247 g/mol. The second-order valence-corrected chi connectivity index (χ2v) is 4.84. The van der Waals surface area contributed by atoms with Gasteiger partial charge in [-0.15, -0.1) is 0 Å². The van der Waals surface area contributed by atoms with E-state index in [0.29, 0.717) is 11.6 Å². The van der Waals surface area contributed by atoms with E-state index in [9.17, 15) is 4.79 Å². The number of carbonyl (C=O) groups is 1. The Morgan fingerprint density at radius 2 is 2.44 bits per heavy atom. The maximum absolute atomic E-state index is 12.5. The highest BCUT2D eigenvalue weighted by Crippen LogP contribution is 2.22. The van der Waals surface area contributed by atoms with Crippen LogP contribution in [0.4, 0.5) is 5.69 Å². The summed E-state index contributed by atoms with van der Waals surface area (Å²) in [5.74, 6) is 0.103. The summed E-state index contributed by atoms with van der Waals surface area (Å²) in [5, 5.41) is 3.29. The molecule has 1 fully saturated rings. The SMILES string of the molecule is CCCNc1ccncc1C(=O)N1CCCC1C. The summed E-state index contributed by atoms with van der Waals surface area (Å²) in [5.41, 5.74) is 1.59. The zero-order chi connectivity index (χ0) is 13.0. The molecule has 1 unspecified atom stereocenters. The van der Waals surface area contributed by atoms with Crippen LogP contribution in [-0.2, 0) is 0 Å². The number of carbonyl (C=O) groups excluding carboxylic acids is 1. The van der Waals surface area contributed by atoms with E-state index in [-0.39, 0.29) is 5.91 Å². The zero-order valence-corrected chi connectivity index (χ0v) is 11.1. The van der Waals surface area contributed by atoms with Crippen LogP contribution in [0.1, 0.15) is 43.5 Å². The van der Waals surface area contributed by atoms with Gasteiger partial charge in [-0.1, -0.05) is 6.92 Å². The molecule has 1 N–H and O–H groups in total. The van der Waals surface area contributed by atoms with E-state index in [0.717, 1.165) is 38.0 Å². The van der Waals surface area contributed by atoms with Crippen LogP contribution >= 0.6 is 0 Å². The highest BCUT2D eigenvalue weighted by Gasteiger charge is 2.27. The van der Waals surface area contributed by atoms with Crippen molar-refractivity contribution in [2.45, 2.75) is 39.2 Å². The molecule has 18 heavy (non-hydrogen) atoms. The molecule has 1 aliphatic rings. The number of nitrogens with one attached hydrogen (secondary N) is 1. The Morgan fingerprint density at radius 3 is 3.11 bits per heavy atom. The van der Waals surface area contributed by atoms with Gasteiger partial charge in [0.1, 0.15) is 0 Å². The van der Waals surface area contributed by atoms with Gasteiger partial charge in [-0.05, 0) is 32.3 Å². The summed E-state index contributed by atoms with van der Waals surface area (Å²) >= 11 is 0.